The fraction of sp³-hybridized carbons (Fsp3) is 0.600. The van der Waals surface area contributed by atoms with Crippen LogP contribution in [-0.4, -0.2) is 36.4 Å². The van der Waals surface area contributed by atoms with Crippen LogP contribution in [0.3, 0.4) is 0 Å². The van der Waals surface area contributed by atoms with Gasteiger partial charge in [0.1, 0.15) is 0 Å². The summed E-state index contributed by atoms with van der Waals surface area (Å²) in [5, 5.41) is 5.73. The molecule has 0 spiro atoms. The van der Waals surface area contributed by atoms with Crippen LogP contribution in [0.4, 0.5) is 4.79 Å². The molecule has 2 amide bonds. The lowest BCUT2D eigenvalue weighted by molar-refractivity contribution is 0.0860. The van der Waals surface area contributed by atoms with Crippen LogP contribution >= 0.6 is 0 Å². The maximum absolute atomic E-state index is 11.9. The van der Waals surface area contributed by atoms with Crippen molar-refractivity contribution in [1.29, 1.82) is 0 Å². The zero-order valence-corrected chi connectivity index (χ0v) is 12.6. The summed E-state index contributed by atoms with van der Waals surface area (Å²) in [7, 11) is 0. The first kappa shape index (κ1) is 15.6. The van der Waals surface area contributed by atoms with E-state index in [-0.39, 0.29) is 18.2 Å². The van der Waals surface area contributed by atoms with Crippen molar-refractivity contribution in [3.05, 3.63) is 23.9 Å². The molecule has 2 rings (SSSR count). The molecule has 0 unspecified atom stereocenters. The molecule has 0 aromatic carbocycles. The van der Waals surface area contributed by atoms with Crippen LogP contribution < -0.4 is 15.4 Å². The van der Waals surface area contributed by atoms with E-state index in [1.807, 2.05) is 26.0 Å². The highest BCUT2D eigenvalue weighted by Crippen LogP contribution is 2.16. The van der Waals surface area contributed by atoms with Crippen molar-refractivity contribution in [2.75, 3.05) is 13.2 Å². The van der Waals surface area contributed by atoms with Gasteiger partial charge in [-0.05, 0) is 32.8 Å². The molecule has 0 bridgehead atoms. The van der Waals surface area contributed by atoms with E-state index in [0.717, 1.165) is 25.0 Å². The van der Waals surface area contributed by atoms with E-state index in [0.29, 0.717) is 19.0 Å². The predicted octanol–water partition coefficient (Wildman–Crippen LogP) is 1.85. The third-order valence-corrected chi connectivity index (χ3v) is 3.45. The van der Waals surface area contributed by atoms with Crippen LogP contribution in [0, 0.1) is 0 Å². The van der Waals surface area contributed by atoms with Crippen molar-refractivity contribution in [2.24, 2.45) is 0 Å². The van der Waals surface area contributed by atoms with E-state index in [1.165, 1.54) is 0 Å². The molecule has 2 N–H and O–H groups in total. The third kappa shape index (κ3) is 4.60. The van der Waals surface area contributed by atoms with Gasteiger partial charge in [-0.2, -0.15) is 0 Å². The van der Waals surface area contributed by atoms with Gasteiger partial charge in [0, 0.05) is 24.9 Å². The van der Waals surface area contributed by atoms with Crippen molar-refractivity contribution in [1.82, 2.24) is 15.6 Å². The molecule has 1 aromatic heterocycles. The molecular formula is C15H23N3O3. The average Bonchev–Trinajstić information content (AvgIpc) is 3.01. The van der Waals surface area contributed by atoms with Gasteiger partial charge in [-0.3, -0.25) is 0 Å². The molecular weight excluding hydrogens is 270 g/mol. The molecule has 1 aliphatic heterocycles. The maximum Gasteiger partial charge on any atom is 0.315 e. The molecule has 0 radical (unpaired) electrons. The van der Waals surface area contributed by atoms with Gasteiger partial charge in [0.05, 0.1) is 18.8 Å². The van der Waals surface area contributed by atoms with E-state index < -0.39 is 0 Å². The molecule has 2 heterocycles. The fourth-order valence-electron chi connectivity index (χ4n) is 2.35. The number of urea groups is 1. The largest absolute Gasteiger partial charge is 0.478 e. The summed E-state index contributed by atoms with van der Waals surface area (Å²) >= 11 is 0. The number of hydrogen-bond donors (Lipinski definition) is 2. The summed E-state index contributed by atoms with van der Waals surface area (Å²) in [5.41, 5.74) is 0.860. The standard InChI is InChI=1S/C15H23N3O3/c1-3-20-14-12(6-4-8-16-14)10-17-15(19)18-11(2)13-7-5-9-21-13/h4,6,8,11,13H,3,5,7,9-10H2,1-2H3,(H2,17,18,19)/t11-,13+/m0/s1. The van der Waals surface area contributed by atoms with E-state index >= 15 is 0 Å². The lowest BCUT2D eigenvalue weighted by Gasteiger charge is -2.20. The van der Waals surface area contributed by atoms with Crippen LogP contribution in [0.5, 0.6) is 5.88 Å². The second-order valence-electron chi connectivity index (χ2n) is 5.07. The Bertz CT molecular complexity index is 461. The molecule has 6 heteroatoms. The Balaban J connectivity index is 1.80. The van der Waals surface area contributed by atoms with Gasteiger partial charge in [-0.15, -0.1) is 0 Å². The zero-order chi connectivity index (χ0) is 15.1. The first-order valence-corrected chi connectivity index (χ1v) is 7.43. The van der Waals surface area contributed by atoms with E-state index in [2.05, 4.69) is 15.6 Å². The van der Waals surface area contributed by atoms with Crippen LogP contribution in [0.2, 0.25) is 0 Å². The molecule has 6 nitrogen and oxygen atoms in total. The zero-order valence-electron chi connectivity index (χ0n) is 12.6. The summed E-state index contributed by atoms with van der Waals surface area (Å²) in [5.74, 6) is 0.562. The molecule has 0 saturated carbocycles. The monoisotopic (exact) mass is 293 g/mol. The highest BCUT2D eigenvalue weighted by Gasteiger charge is 2.23. The number of pyridine rings is 1. The number of carbonyl (C=O) groups is 1. The number of rotatable bonds is 6. The van der Waals surface area contributed by atoms with Crippen molar-refractivity contribution < 1.29 is 14.3 Å². The van der Waals surface area contributed by atoms with Crippen LogP contribution in [0.1, 0.15) is 32.3 Å². The normalized spacial score (nSPS) is 19.0. The topological polar surface area (TPSA) is 72.5 Å². The summed E-state index contributed by atoms with van der Waals surface area (Å²) in [6.07, 6.45) is 3.85. The highest BCUT2D eigenvalue weighted by atomic mass is 16.5. The quantitative estimate of drug-likeness (QED) is 0.839. The van der Waals surface area contributed by atoms with Crippen LogP contribution in [-0.2, 0) is 11.3 Å². The van der Waals surface area contributed by atoms with E-state index in [1.54, 1.807) is 6.20 Å². The molecule has 1 aromatic rings. The Morgan fingerprint density at radius 3 is 3.19 bits per heavy atom. The molecule has 21 heavy (non-hydrogen) atoms. The smallest absolute Gasteiger partial charge is 0.315 e. The summed E-state index contributed by atoms with van der Waals surface area (Å²) in [6.45, 7) is 5.58. The first-order valence-electron chi connectivity index (χ1n) is 7.43. The van der Waals surface area contributed by atoms with Gasteiger partial charge in [-0.25, -0.2) is 9.78 Å². The van der Waals surface area contributed by atoms with Crippen molar-refractivity contribution in [3.63, 3.8) is 0 Å². The number of nitrogens with one attached hydrogen (secondary N) is 2. The Morgan fingerprint density at radius 2 is 2.48 bits per heavy atom. The average molecular weight is 293 g/mol. The Hall–Kier alpha value is -1.82. The lowest BCUT2D eigenvalue weighted by Crippen LogP contribution is -2.45. The SMILES string of the molecule is CCOc1ncccc1CNC(=O)N[C@@H](C)[C@H]1CCCO1. The number of aromatic nitrogens is 1. The van der Waals surface area contributed by atoms with Gasteiger partial charge in [0.2, 0.25) is 5.88 Å². The second kappa shape index (κ2) is 7.83. The fourth-order valence-corrected chi connectivity index (χ4v) is 2.35. The Labute approximate surface area is 125 Å². The van der Waals surface area contributed by atoms with E-state index in [9.17, 15) is 4.79 Å². The minimum Gasteiger partial charge on any atom is -0.478 e. The molecule has 116 valence electrons. The molecule has 0 aliphatic carbocycles. The van der Waals surface area contributed by atoms with Crippen molar-refractivity contribution in [2.45, 2.75) is 45.4 Å². The predicted molar refractivity (Wildman–Crippen MR) is 79.2 cm³/mol. The second-order valence-corrected chi connectivity index (χ2v) is 5.07. The molecule has 1 aliphatic rings. The number of nitrogens with zero attached hydrogens (tertiary/aromatic N) is 1. The number of amides is 2. The minimum atomic E-state index is -0.204. The number of carbonyl (C=O) groups excluding carboxylic acids is 1. The van der Waals surface area contributed by atoms with Crippen LogP contribution in [0.15, 0.2) is 18.3 Å². The van der Waals surface area contributed by atoms with Crippen molar-refractivity contribution >= 4 is 6.03 Å². The Morgan fingerprint density at radius 1 is 1.62 bits per heavy atom. The molecule has 2 atom stereocenters. The van der Waals surface area contributed by atoms with Gasteiger partial charge in [0.25, 0.3) is 0 Å². The van der Waals surface area contributed by atoms with Crippen LogP contribution in [0.25, 0.3) is 0 Å². The van der Waals surface area contributed by atoms with Gasteiger partial charge >= 0.3 is 6.03 Å². The lowest BCUT2D eigenvalue weighted by atomic mass is 10.1. The van der Waals surface area contributed by atoms with Gasteiger partial charge in [-0.1, -0.05) is 6.07 Å². The first-order chi connectivity index (χ1) is 10.2. The third-order valence-electron chi connectivity index (χ3n) is 3.45. The number of hydrogen-bond acceptors (Lipinski definition) is 4. The van der Waals surface area contributed by atoms with E-state index in [4.69, 9.17) is 9.47 Å². The maximum atomic E-state index is 11.9. The van der Waals surface area contributed by atoms with Gasteiger partial charge in [0.15, 0.2) is 0 Å². The molecule has 1 fully saturated rings. The Kier molecular flexibility index (Phi) is 5.80. The minimum absolute atomic E-state index is 0.00719. The highest BCUT2D eigenvalue weighted by molar-refractivity contribution is 5.74. The van der Waals surface area contributed by atoms with Gasteiger partial charge < -0.3 is 20.1 Å². The molecule has 1 saturated heterocycles. The summed E-state index contributed by atoms with van der Waals surface area (Å²) in [6, 6.07) is 3.52. The summed E-state index contributed by atoms with van der Waals surface area (Å²) < 4.78 is 11.0. The number of ether oxygens (including phenoxy) is 2. The van der Waals surface area contributed by atoms with Crippen molar-refractivity contribution in [3.8, 4) is 5.88 Å². The summed E-state index contributed by atoms with van der Waals surface area (Å²) in [4.78, 5) is 16.1.